The van der Waals surface area contributed by atoms with Gasteiger partial charge in [0, 0.05) is 13.3 Å². The van der Waals surface area contributed by atoms with Crippen molar-refractivity contribution in [1.29, 1.82) is 0 Å². The first kappa shape index (κ1) is 9.15. The van der Waals surface area contributed by atoms with Crippen LogP contribution in [0.5, 0.6) is 0 Å². The van der Waals surface area contributed by atoms with Crippen LogP contribution in [0.25, 0.3) is 0 Å². The fourth-order valence-corrected chi connectivity index (χ4v) is 1.32. The zero-order chi connectivity index (χ0) is 9.80. The molecule has 4 heteroatoms. The van der Waals surface area contributed by atoms with Crippen LogP contribution in [0.2, 0.25) is 0 Å². The van der Waals surface area contributed by atoms with Crippen molar-refractivity contribution in [1.82, 2.24) is 4.98 Å². The van der Waals surface area contributed by atoms with E-state index in [0.29, 0.717) is 19.1 Å². The monoisotopic (exact) mass is 192 g/mol. The SMILES string of the molecule is COC[C@@H]1COC(c2ccccn2)=N1. The molecule has 0 saturated heterocycles. The van der Waals surface area contributed by atoms with Gasteiger partial charge in [-0.15, -0.1) is 0 Å². The highest BCUT2D eigenvalue weighted by atomic mass is 16.5. The van der Waals surface area contributed by atoms with E-state index in [2.05, 4.69) is 9.98 Å². The quantitative estimate of drug-likeness (QED) is 0.713. The maximum Gasteiger partial charge on any atom is 0.235 e. The van der Waals surface area contributed by atoms with Gasteiger partial charge in [-0.3, -0.25) is 4.98 Å². The summed E-state index contributed by atoms with van der Waals surface area (Å²) in [6.45, 7) is 1.18. The Morgan fingerprint density at radius 2 is 2.50 bits per heavy atom. The van der Waals surface area contributed by atoms with Gasteiger partial charge in [-0.05, 0) is 12.1 Å². The number of hydrogen-bond donors (Lipinski definition) is 0. The Bertz CT molecular complexity index is 324. The van der Waals surface area contributed by atoms with Crippen molar-refractivity contribution in [3.8, 4) is 0 Å². The molecule has 0 aromatic carbocycles. The average molecular weight is 192 g/mol. The summed E-state index contributed by atoms with van der Waals surface area (Å²) in [5, 5.41) is 0. The van der Waals surface area contributed by atoms with Gasteiger partial charge in [0.25, 0.3) is 0 Å². The van der Waals surface area contributed by atoms with Gasteiger partial charge in [-0.2, -0.15) is 0 Å². The Morgan fingerprint density at radius 1 is 1.57 bits per heavy atom. The highest BCUT2D eigenvalue weighted by molar-refractivity contribution is 5.93. The van der Waals surface area contributed by atoms with Crippen LogP contribution in [0.1, 0.15) is 5.69 Å². The fraction of sp³-hybridized carbons (Fsp3) is 0.400. The molecule has 2 rings (SSSR count). The number of aromatic nitrogens is 1. The van der Waals surface area contributed by atoms with Gasteiger partial charge in [0.05, 0.1) is 6.61 Å². The van der Waals surface area contributed by atoms with Crippen LogP contribution in [-0.4, -0.2) is 37.2 Å². The smallest absolute Gasteiger partial charge is 0.235 e. The molecule has 1 atom stereocenters. The summed E-state index contributed by atoms with van der Waals surface area (Å²) >= 11 is 0. The Morgan fingerprint density at radius 3 is 3.21 bits per heavy atom. The minimum atomic E-state index is 0.108. The van der Waals surface area contributed by atoms with Gasteiger partial charge in [0.2, 0.25) is 5.90 Å². The van der Waals surface area contributed by atoms with Crippen molar-refractivity contribution < 1.29 is 9.47 Å². The minimum Gasteiger partial charge on any atom is -0.474 e. The van der Waals surface area contributed by atoms with Gasteiger partial charge < -0.3 is 9.47 Å². The molecule has 0 unspecified atom stereocenters. The highest BCUT2D eigenvalue weighted by Crippen LogP contribution is 2.09. The second-order valence-corrected chi connectivity index (χ2v) is 3.07. The maximum atomic E-state index is 5.41. The normalized spacial score (nSPS) is 20.4. The highest BCUT2D eigenvalue weighted by Gasteiger charge is 2.20. The van der Waals surface area contributed by atoms with Gasteiger partial charge in [-0.1, -0.05) is 6.07 Å². The van der Waals surface area contributed by atoms with E-state index >= 15 is 0 Å². The molecule has 0 bridgehead atoms. The van der Waals surface area contributed by atoms with Crippen LogP contribution in [0.4, 0.5) is 0 Å². The maximum absolute atomic E-state index is 5.41. The van der Waals surface area contributed by atoms with Crippen LogP contribution in [0.3, 0.4) is 0 Å². The van der Waals surface area contributed by atoms with Crippen molar-refractivity contribution in [2.75, 3.05) is 20.3 Å². The van der Waals surface area contributed by atoms with Gasteiger partial charge in [-0.25, -0.2) is 4.99 Å². The summed E-state index contributed by atoms with van der Waals surface area (Å²) in [6, 6.07) is 5.77. The standard InChI is InChI=1S/C10H12N2O2/c1-13-6-8-7-14-10(12-8)9-4-2-3-5-11-9/h2-5,8H,6-7H2,1H3/t8-/m1/s1. The minimum absolute atomic E-state index is 0.108. The summed E-state index contributed by atoms with van der Waals surface area (Å²) in [5.74, 6) is 0.618. The summed E-state index contributed by atoms with van der Waals surface area (Å²) in [6.07, 6.45) is 1.73. The largest absolute Gasteiger partial charge is 0.474 e. The van der Waals surface area contributed by atoms with Gasteiger partial charge >= 0.3 is 0 Å². The van der Waals surface area contributed by atoms with E-state index in [1.807, 2.05) is 18.2 Å². The van der Waals surface area contributed by atoms with Crippen LogP contribution in [0.15, 0.2) is 29.4 Å². The number of rotatable bonds is 3. The van der Waals surface area contributed by atoms with E-state index in [4.69, 9.17) is 9.47 Å². The van der Waals surface area contributed by atoms with Crippen LogP contribution in [0, 0.1) is 0 Å². The summed E-state index contributed by atoms with van der Waals surface area (Å²) < 4.78 is 10.4. The predicted octanol–water partition coefficient (Wildman–Crippen LogP) is 0.873. The van der Waals surface area contributed by atoms with Crippen LogP contribution < -0.4 is 0 Å². The summed E-state index contributed by atoms with van der Waals surface area (Å²) in [5.41, 5.74) is 0.783. The van der Waals surface area contributed by atoms with Crippen molar-refractivity contribution in [2.45, 2.75) is 6.04 Å². The molecule has 0 radical (unpaired) electrons. The number of pyridine rings is 1. The zero-order valence-electron chi connectivity index (χ0n) is 8.01. The number of methoxy groups -OCH3 is 1. The van der Waals surface area contributed by atoms with Crippen molar-refractivity contribution >= 4 is 5.90 Å². The van der Waals surface area contributed by atoms with E-state index < -0.39 is 0 Å². The van der Waals surface area contributed by atoms with Gasteiger partial charge in [0.15, 0.2) is 0 Å². The molecular formula is C10H12N2O2. The lowest BCUT2D eigenvalue weighted by Gasteiger charge is -2.00. The van der Waals surface area contributed by atoms with E-state index in [0.717, 1.165) is 5.69 Å². The van der Waals surface area contributed by atoms with Gasteiger partial charge in [0.1, 0.15) is 18.3 Å². The molecule has 0 N–H and O–H groups in total. The third kappa shape index (κ3) is 1.90. The molecule has 14 heavy (non-hydrogen) atoms. The molecule has 1 aromatic heterocycles. The number of ether oxygens (including phenoxy) is 2. The van der Waals surface area contributed by atoms with E-state index in [9.17, 15) is 0 Å². The molecule has 0 saturated carbocycles. The molecule has 1 aliphatic rings. The van der Waals surface area contributed by atoms with E-state index in [1.54, 1.807) is 13.3 Å². The summed E-state index contributed by atoms with van der Waals surface area (Å²) in [7, 11) is 1.66. The first-order valence-corrected chi connectivity index (χ1v) is 4.51. The zero-order valence-corrected chi connectivity index (χ0v) is 8.01. The molecule has 2 heterocycles. The topological polar surface area (TPSA) is 43.7 Å². The molecule has 0 amide bonds. The van der Waals surface area contributed by atoms with E-state index in [-0.39, 0.29) is 6.04 Å². The van der Waals surface area contributed by atoms with Crippen molar-refractivity contribution in [3.05, 3.63) is 30.1 Å². The summed E-state index contributed by atoms with van der Waals surface area (Å²) in [4.78, 5) is 8.51. The lowest BCUT2D eigenvalue weighted by atomic mass is 10.3. The van der Waals surface area contributed by atoms with E-state index in [1.165, 1.54) is 0 Å². The Labute approximate surface area is 82.6 Å². The number of nitrogens with zero attached hydrogens (tertiary/aromatic N) is 2. The third-order valence-electron chi connectivity index (χ3n) is 1.96. The second kappa shape index (κ2) is 4.19. The molecule has 4 nitrogen and oxygen atoms in total. The molecule has 0 aliphatic carbocycles. The Balaban J connectivity index is 2.10. The third-order valence-corrected chi connectivity index (χ3v) is 1.96. The lowest BCUT2D eigenvalue weighted by Crippen LogP contribution is -2.12. The van der Waals surface area contributed by atoms with Crippen LogP contribution in [-0.2, 0) is 9.47 Å². The second-order valence-electron chi connectivity index (χ2n) is 3.07. The first-order chi connectivity index (χ1) is 6.90. The average Bonchev–Trinajstić information content (AvgIpc) is 2.68. The Hall–Kier alpha value is -1.42. The van der Waals surface area contributed by atoms with Crippen molar-refractivity contribution in [3.63, 3.8) is 0 Å². The lowest BCUT2D eigenvalue weighted by molar-refractivity contribution is 0.165. The number of aliphatic imine (C=N–C) groups is 1. The molecule has 74 valence electrons. The fourth-order valence-electron chi connectivity index (χ4n) is 1.32. The molecule has 1 aliphatic heterocycles. The van der Waals surface area contributed by atoms with Crippen LogP contribution >= 0.6 is 0 Å². The molecule has 0 spiro atoms. The molecular weight excluding hydrogens is 180 g/mol. The molecule has 1 aromatic rings. The van der Waals surface area contributed by atoms with Crippen molar-refractivity contribution in [2.24, 2.45) is 4.99 Å². The first-order valence-electron chi connectivity index (χ1n) is 4.51. The molecule has 0 fully saturated rings. The predicted molar refractivity (Wildman–Crippen MR) is 52.4 cm³/mol. The number of hydrogen-bond acceptors (Lipinski definition) is 4. The Kier molecular flexibility index (Phi) is 2.74.